The summed E-state index contributed by atoms with van der Waals surface area (Å²) >= 11 is 2.58. The van der Waals surface area contributed by atoms with Crippen LogP contribution in [0.15, 0.2) is 82.6 Å². The lowest BCUT2D eigenvalue weighted by molar-refractivity contribution is -0.123. The largest absolute Gasteiger partial charge is 0.303 e. The minimum absolute atomic E-state index is 0.0322. The van der Waals surface area contributed by atoms with Crippen LogP contribution in [-0.4, -0.2) is 30.5 Å². The molecule has 1 aliphatic rings. The van der Waals surface area contributed by atoms with E-state index in [1.165, 1.54) is 47.4 Å². The van der Waals surface area contributed by atoms with Crippen molar-refractivity contribution in [2.75, 3.05) is 4.90 Å². The third-order valence-electron chi connectivity index (χ3n) is 5.33. The molecule has 1 aromatic heterocycles. The number of hydrogen-bond acceptors (Lipinski definition) is 7. The molecular formula is C24H18FN3O4S3. The molecule has 0 fully saturated rings. The van der Waals surface area contributed by atoms with Crippen LogP contribution in [0.2, 0.25) is 0 Å². The van der Waals surface area contributed by atoms with Gasteiger partial charge in [-0.1, -0.05) is 30.3 Å². The number of thioether (sulfide) groups is 1. The summed E-state index contributed by atoms with van der Waals surface area (Å²) in [5.74, 6) is -1.48. The molecule has 11 heteroatoms. The highest BCUT2D eigenvalue weighted by Crippen LogP contribution is 2.41. The number of carbonyl (C=O) groups is 2. The Kier molecular flexibility index (Phi) is 6.30. The summed E-state index contributed by atoms with van der Waals surface area (Å²) in [6.07, 6.45) is -0.314. The summed E-state index contributed by atoms with van der Waals surface area (Å²) in [5.41, 5.74) is 1.20. The molecule has 1 atom stereocenters. The van der Waals surface area contributed by atoms with Crippen molar-refractivity contribution >= 4 is 60.8 Å². The highest BCUT2D eigenvalue weighted by atomic mass is 32.2. The number of halogens is 1. The van der Waals surface area contributed by atoms with E-state index in [9.17, 15) is 22.4 Å². The van der Waals surface area contributed by atoms with Gasteiger partial charge in [0.15, 0.2) is 0 Å². The number of rotatable bonds is 6. The van der Waals surface area contributed by atoms with Gasteiger partial charge in [-0.05, 0) is 36.4 Å². The molecule has 178 valence electrons. The number of thiazole rings is 1. The van der Waals surface area contributed by atoms with Crippen molar-refractivity contribution < 1.29 is 22.4 Å². The Balaban J connectivity index is 1.38. The maximum atomic E-state index is 13.6. The average Bonchev–Trinajstić information content (AvgIpc) is 3.23. The van der Waals surface area contributed by atoms with Crippen molar-refractivity contribution in [2.24, 2.45) is 0 Å². The predicted molar refractivity (Wildman–Crippen MR) is 133 cm³/mol. The third-order valence-corrected chi connectivity index (χ3v) is 8.99. The normalized spacial score (nSPS) is 15.7. The fourth-order valence-corrected chi connectivity index (χ4v) is 6.92. The van der Waals surface area contributed by atoms with E-state index < -0.39 is 21.2 Å². The van der Waals surface area contributed by atoms with Crippen LogP contribution in [-0.2, 0) is 26.2 Å². The van der Waals surface area contributed by atoms with E-state index in [1.54, 1.807) is 29.2 Å². The molecule has 1 unspecified atom stereocenters. The molecule has 3 aromatic carbocycles. The van der Waals surface area contributed by atoms with Gasteiger partial charge in [0.05, 0.1) is 32.6 Å². The Bertz CT molecular complexity index is 1540. The summed E-state index contributed by atoms with van der Waals surface area (Å²) in [7, 11) is -4.04. The molecule has 1 N–H and O–H groups in total. The van der Waals surface area contributed by atoms with Gasteiger partial charge >= 0.3 is 0 Å². The van der Waals surface area contributed by atoms with Gasteiger partial charge in [0.2, 0.25) is 11.8 Å². The lowest BCUT2D eigenvalue weighted by Gasteiger charge is -2.33. The first-order valence-corrected chi connectivity index (χ1v) is 13.7. The van der Waals surface area contributed by atoms with Gasteiger partial charge in [0.25, 0.3) is 10.0 Å². The second kappa shape index (κ2) is 9.40. The standard InChI is InChI=1S/C24H18FN3O4S3/c25-15-10-11-19-17(12-15)26-23(34-19)14-28-18-8-4-5-9-20(18)33-21(24(28)30)13-22(29)27-35(31,32)16-6-2-1-3-7-16/h1-12,21H,13-14H2,(H,27,29). The molecule has 2 heterocycles. The number of carbonyl (C=O) groups excluding carboxylic acids is 2. The zero-order valence-corrected chi connectivity index (χ0v) is 20.5. The Morgan fingerprint density at radius 2 is 1.80 bits per heavy atom. The Labute approximate surface area is 209 Å². The lowest BCUT2D eigenvalue weighted by atomic mass is 10.2. The second-order valence-corrected chi connectivity index (χ2v) is 11.8. The Morgan fingerprint density at radius 3 is 2.60 bits per heavy atom. The molecule has 7 nitrogen and oxygen atoms in total. The third kappa shape index (κ3) is 4.93. The van der Waals surface area contributed by atoms with Gasteiger partial charge in [-0.2, -0.15) is 0 Å². The molecule has 2 amide bonds. The van der Waals surface area contributed by atoms with E-state index in [2.05, 4.69) is 9.71 Å². The van der Waals surface area contributed by atoms with Gasteiger partial charge in [-0.3, -0.25) is 9.59 Å². The molecule has 0 saturated carbocycles. The van der Waals surface area contributed by atoms with E-state index in [0.717, 1.165) is 9.60 Å². The van der Waals surface area contributed by atoms with Crippen LogP contribution >= 0.6 is 23.1 Å². The van der Waals surface area contributed by atoms with Crippen LogP contribution in [0.5, 0.6) is 0 Å². The van der Waals surface area contributed by atoms with E-state index in [4.69, 9.17) is 0 Å². The molecule has 35 heavy (non-hydrogen) atoms. The number of benzene rings is 3. The molecule has 0 spiro atoms. The minimum atomic E-state index is -4.04. The summed E-state index contributed by atoms with van der Waals surface area (Å²) < 4.78 is 41.5. The van der Waals surface area contributed by atoms with Crippen molar-refractivity contribution in [1.29, 1.82) is 0 Å². The summed E-state index contributed by atoms with van der Waals surface area (Å²) in [6.45, 7) is 0.151. The lowest BCUT2D eigenvalue weighted by Crippen LogP contribution is -2.43. The van der Waals surface area contributed by atoms with Gasteiger partial charge < -0.3 is 4.90 Å². The van der Waals surface area contributed by atoms with Crippen LogP contribution in [0.3, 0.4) is 0 Å². The van der Waals surface area contributed by atoms with Gasteiger partial charge in [-0.25, -0.2) is 22.5 Å². The smallest absolute Gasteiger partial charge is 0.264 e. The number of nitrogens with one attached hydrogen (secondary N) is 1. The average molecular weight is 528 g/mol. The molecule has 0 aliphatic carbocycles. The molecular weight excluding hydrogens is 509 g/mol. The molecule has 4 aromatic rings. The Hall–Kier alpha value is -3.28. The predicted octanol–water partition coefficient (Wildman–Crippen LogP) is 4.34. The summed E-state index contributed by atoms with van der Waals surface area (Å²) in [5, 5.41) is -0.196. The molecule has 1 aliphatic heterocycles. The maximum absolute atomic E-state index is 13.6. The van der Waals surface area contributed by atoms with Crippen molar-refractivity contribution in [3.05, 3.63) is 83.6 Å². The van der Waals surface area contributed by atoms with E-state index in [0.29, 0.717) is 16.2 Å². The number of fused-ring (bicyclic) bond motifs is 2. The number of nitrogens with zero attached hydrogens (tertiary/aromatic N) is 2. The molecule has 5 rings (SSSR count). The van der Waals surface area contributed by atoms with Crippen LogP contribution in [0.1, 0.15) is 11.4 Å². The van der Waals surface area contributed by atoms with E-state index in [1.807, 2.05) is 24.3 Å². The molecule has 0 bridgehead atoms. The van der Waals surface area contributed by atoms with Crippen LogP contribution in [0.25, 0.3) is 10.2 Å². The fourth-order valence-electron chi connectivity index (χ4n) is 3.74. The van der Waals surface area contributed by atoms with Crippen LogP contribution in [0, 0.1) is 5.82 Å². The quantitative estimate of drug-likeness (QED) is 0.401. The zero-order chi connectivity index (χ0) is 24.6. The fraction of sp³-hybridized carbons (Fsp3) is 0.125. The SMILES string of the molecule is O=C(CC1Sc2ccccc2N(Cc2nc3cc(F)ccc3s2)C1=O)NS(=O)(=O)c1ccccc1. The first-order valence-electron chi connectivity index (χ1n) is 10.5. The minimum Gasteiger partial charge on any atom is -0.303 e. The second-order valence-electron chi connectivity index (χ2n) is 7.76. The number of para-hydroxylation sites is 1. The number of hydrogen-bond donors (Lipinski definition) is 1. The highest BCUT2D eigenvalue weighted by Gasteiger charge is 2.36. The number of aromatic nitrogens is 1. The van der Waals surface area contributed by atoms with Crippen molar-refractivity contribution in [3.8, 4) is 0 Å². The van der Waals surface area contributed by atoms with Crippen molar-refractivity contribution in [3.63, 3.8) is 0 Å². The molecule has 0 radical (unpaired) electrons. The summed E-state index contributed by atoms with van der Waals surface area (Å²) in [6, 6.07) is 19.2. The van der Waals surface area contributed by atoms with E-state index in [-0.39, 0.29) is 29.6 Å². The first kappa shape index (κ1) is 23.5. The van der Waals surface area contributed by atoms with Gasteiger partial charge in [0.1, 0.15) is 10.8 Å². The van der Waals surface area contributed by atoms with Crippen molar-refractivity contribution in [1.82, 2.24) is 9.71 Å². The van der Waals surface area contributed by atoms with E-state index >= 15 is 0 Å². The number of amides is 2. The highest BCUT2D eigenvalue weighted by molar-refractivity contribution is 8.01. The van der Waals surface area contributed by atoms with Crippen molar-refractivity contribution in [2.45, 2.75) is 28.0 Å². The van der Waals surface area contributed by atoms with Crippen LogP contribution < -0.4 is 9.62 Å². The first-order chi connectivity index (χ1) is 16.8. The monoisotopic (exact) mass is 527 g/mol. The number of sulfonamides is 1. The number of anilines is 1. The topological polar surface area (TPSA) is 96.4 Å². The van der Waals surface area contributed by atoms with Gasteiger partial charge in [-0.15, -0.1) is 23.1 Å². The van der Waals surface area contributed by atoms with Crippen LogP contribution in [0.4, 0.5) is 10.1 Å². The molecule has 0 saturated heterocycles. The van der Waals surface area contributed by atoms with Gasteiger partial charge in [0, 0.05) is 17.4 Å². The summed E-state index contributed by atoms with van der Waals surface area (Å²) in [4.78, 5) is 32.8. The Morgan fingerprint density at radius 1 is 1.06 bits per heavy atom. The maximum Gasteiger partial charge on any atom is 0.264 e. The zero-order valence-electron chi connectivity index (χ0n) is 18.0.